The van der Waals surface area contributed by atoms with Gasteiger partial charge in [-0.05, 0) is 139 Å². The summed E-state index contributed by atoms with van der Waals surface area (Å²) in [6.07, 6.45) is 9.11. The van der Waals surface area contributed by atoms with Crippen LogP contribution in [0.1, 0.15) is 170 Å². The first-order valence-corrected chi connectivity index (χ1v) is 23.4. The molecule has 1 spiro atoms. The molecule has 0 atom stereocenters. The molecule has 339 valence electrons. The monoisotopic (exact) mass is 1050 g/mol. The van der Waals surface area contributed by atoms with Crippen LogP contribution in [0.25, 0.3) is 61.3 Å². The molecule has 0 bridgehead atoms. The number of rotatable bonds is 8. The van der Waals surface area contributed by atoms with E-state index in [1.54, 1.807) is 6.92 Å². The minimum absolute atomic E-state index is 0. The van der Waals surface area contributed by atoms with Gasteiger partial charge in [-0.1, -0.05) is 127 Å². The average Bonchev–Trinajstić information content (AvgIpc) is 3.94. The Hall–Kier alpha value is -4.83. The molecule has 2 fully saturated rings. The molecule has 5 aromatic carbocycles. The second kappa shape index (κ2) is 19.2. The quantitative estimate of drug-likeness (QED) is 0.142. The first kappa shape index (κ1) is 36.3. The Morgan fingerprint density at radius 3 is 2.25 bits per heavy atom. The number of pyridine rings is 1. The van der Waals surface area contributed by atoms with Crippen LogP contribution in [0.3, 0.4) is 0 Å². The SMILES string of the molecule is [2H]C([2H])([2H])c1c[c-]c(-c2cc(C([2H])([2H])[2H])c(C([2H])([2H])CC)cn2)cc1.[2H]C1(c2cc(C(C)C)c(-n3c(-c4[c-]ccc5c4oc4ccccc45)nc4ccccc43)c(C(C)C)c2)CCC2(CCC(C)(C)CC2)CC1.[Ir]. The minimum Gasteiger partial charge on any atom is -0.501 e. The second-order valence-corrected chi connectivity index (χ2v) is 19.7. The molecule has 0 N–H and O–H groups in total. The Balaban J connectivity index is 0.000000238. The summed E-state index contributed by atoms with van der Waals surface area (Å²) in [7, 11) is 0. The summed E-state index contributed by atoms with van der Waals surface area (Å²) in [6, 6.07) is 37.6. The molecule has 0 aliphatic heterocycles. The standard InChI is InChI=1S/C44H49N2O.C16H18N.Ir/c1-28(2)35-26-31(30-18-20-44(21-19-30)24-22-43(5,6)23-25-44)27-36(29(3)4)40(35)46-38-16-9-8-15-37(38)45-42(46)34-14-11-13-33-32-12-7-10-17-39(32)47-41(33)34;1-4-5-15-11-17-16(10-13(15)3)14-8-6-12(2)7-9-14;/h7-13,15-17,26-30H,18-25H2,1-6H3;6-8,10-11H,4-5H2,1-3H3;/q2*-1;/i30D;2D3,3D3,5D2;. The van der Waals surface area contributed by atoms with Crippen molar-refractivity contribution in [3.05, 3.63) is 149 Å². The van der Waals surface area contributed by atoms with Gasteiger partial charge in [0.05, 0.1) is 22.4 Å². The molecule has 5 heteroatoms. The molecule has 8 aromatic rings. The number of hydrogen-bond acceptors (Lipinski definition) is 3. The van der Waals surface area contributed by atoms with Crippen molar-refractivity contribution in [1.29, 1.82) is 0 Å². The topological polar surface area (TPSA) is 43.9 Å². The van der Waals surface area contributed by atoms with Crippen LogP contribution in [-0.2, 0) is 26.5 Å². The molecule has 2 aliphatic carbocycles. The van der Waals surface area contributed by atoms with Crippen molar-refractivity contribution in [2.24, 2.45) is 10.8 Å². The number of imidazole rings is 1. The zero-order chi connectivity index (χ0) is 52.5. The Labute approximate surface area is 414 Å². The minimum atomic E-state index is -2.49. The summed E-state index contributed by atoms with van der Waals surface area (Å²) in [5.41, 5.74) is 11.3. The van der Waals surface area contributed by atoms with Crippen molar-refractivity contribution >= 4 is 33.0 Å². The molecule has 4 nitrogen and oxygen atoms in total. The summed E-state index contributed by atoms with van der Waals surface area (Å²) >= 11 is 0. The number of benzene rings is 5. The fourth-order valence-corrected chi connectivity index (χ4v) is 10.1. The summed E-state index contributed by atoms with van der Waals surface area (Å²) in [5, 5.41) is 2.18. The van der Waals surface area contributed by atoms with Crippen molar-refractivity contribution in [3.63, 3.8) is 0 Å². The summed E-state index contributed by atoms with van der Waals surface area (Å²) < 4.78 is 80.1. The maximum absolute atomic E-state index is 9.98. The summed E-state index contributed by atoms with van der Waals surface area (Å²) in [4.78, 5) is 9.47. The van der Waals surface area contributed by atoms with Gasteiger partial charge >= 0.3 is 0 Å². The molecule has 0 saturated heterocycles. The van der Waals surface area contributed by atoms with Gasteiger partial charge in [0.2, 0.25) is 0 Å². The Kier molecular flexibility index (Phi) is 10.7. The Morgan fingerprint density at radius 1 is 0.846 bits per heavy atom. The average molecular weight is 1050 g/mol. The number of nitrogens with zero attached hydrogens (tertiary/aromatic N) is 3. The van der Waals surface area contributed by atoms with E-state index in [0.717, 1.165) is 57.2 Å². The van der Waals surface area contributed by atoms with Crippen molar-refractivity contribution in [2.75, 3.05) is 0 Å². The van der Waals surface area contributed by atoms with Crippen molar-refractivity contribution in [1.82, 2.24) is 14.5 Å². The van der Waals surface area contributed by atoms with Crippen molar-refractivity contribution in [3.8, 4) is 28.3 Å². The molecular formula is C60H67IrN3O-2. The maximum Gasteiger partial charge on any atom is 0.120 e. The van der Waals surface area contributed by atoms with Crippen LogP contribution in [0.15, 0.2) is 108 Å². The van der Waals surface area contributed by atoms with Crippen LogP contribution >= 0.6 is 0 Å². The van der Waals surface area contributed by atoms with Crippen LogP contribution in [0, 0.1) is 36.7 Å². The first-order chi connectivity index (χ1) is 34.3. The molecule has 10 rings (SSSR count). The van der Waals surface area contributed by atoms with E-state index in [0.29, 0.717) is 22.1 Å². The van der Waals surface area contributed by atoms with Gasteiger partial charge < -0.3 is 14.0 Å². The predicted molar refractivity (Wildman–Crippen MR) is 269 cm³/mol. The summed E-state index contributed by atoms with van der Waals surface area (Å²) in [5.74, 6) is 0.809. The van der Waals surface area contributed by atoms with E-state index in [1.165, 1.54) is 91.4 Å². The predicted octanol–water partition coefficient (Wildman–Crippen LogP) is 17.0. The fraction of sp³-hybridized carbons (Fsp3) is 0.400. The van der Waals surface area contributed by atoms with Crippen LogP contribution in [0.2, 0.25) is 0 Å². The number of fused-ring (bicyclic) bond motifs is 4. The van der Waals surface area contributed by atoms with Gasteiger partial charge in [-0.25, -0.2) is 0 Å². The maximum atomic E-state index is 9.98. The molecule has 2 saturated carbocycles. The van der Waals surface area contributed by atoms with Crippen LogP contribution < -0.4 is 0 Å². The molecule has 2 aliphatic rings. The number of para-hydroxylation sites is 3. The number of aromatic nitrogens is 3. The van der Waals surface area contributed by atoms with E-state index < -0.39 is 26.0 Å². The molecule has 3 heterocycles. The van der Waals surface area contributed by atoms with E-state index in [2.05, 4.69) is 118 Å². The van der Waals surface area contributed by atoms with Gasteiger partial charge in [0.1, 0.15) is 5.58 Å². The molecule has 3 aromatic heterocycles. The zero-order valence-electron chi connectivity index (χ0n) is 47.9. The van der Waals surface area contributed by atoms with E-state index in [9.17, 15) is 1.37 Å². The number of hydrogen-bond donors (Lipinski definition) is 0. The van der Waals surface area contributed by atoms with Crippen LogP contribution in [-0.4, -0.2) is 14.5 Å². The third-order valence-electron chi connectivity index (χ3n) is 14.1. The second-order valence-electron chi connectivity index (χ2n) is 19.7. The number of aryl methyl sites for hydroxylation is 3. The van der Waals surface area contributed by atoms with E-state index >= 15 is 0 Å². The number of furan rings is 1. The molecular weight excluding hydrogens is 971 g/mol. The molecule has 65 heavy (non-hydrogen) atoms. The largest absolute Gasteiger partial charge is 0.501 e. The van der Waals surface area contributed by atoms with Crippen molar-refractivity contribution in [2.45, 2.75) is 144 Å². The third kappa shape index (κ3) is 9.43. The summed E-state index contributed by atoms with van der Waals surface area (Å²) in [6.45, 7) is 11.0. The fourth-order valence-electron chi connectivity index (χ4n) is 10.1. The third-order valence-corrected chi connectivity index (χ3v) is 14.1. The van der Waals surface area contributed by atoms with E-state index in [1.807, 2.05) is 18.2 Å². The van der Waals surface area contributed by atoms with Gasteiger partial charge in [-0.2, -0.15) is 0 Å². The van der Waals surface area contributed by atoms with Gasteiger partial charge in [0, 0.05) is 49.7 Å². The molecule has 0 amide bonds. The van der Waals surface area contributed by atoms with Gasteiger partial charge in [-0.15, -0.1) is 53.6 Å². The Bertz CT molecular complexity index is 3260. The Morgan fingerprint density at radius 2 is 1.57 bits per heavy atom. The smallest absolute Gasteiger partial charge is 0.120 e. The zero-order valence-corrected chi connectivity index (χ0v) is 41.3. The van der Waals surface area contributed by atoms with Crippen molar-refractivity contribution < 1.29 is 36.9 Å². The molecule has 0 unspecified atom stereocenters. The normalized spacial score (nSPS) is 19.2. The van der Waals surface area contributed by atoms with Gasteiger partial charge in [0.25, 0.3) is 0 Å². The van der Waals surface area contributed by atoms with Crippen LogP contribution in [0.5, 0.6) is 0 Å². The van der Waals surface area contributed by atoms with E-state index in [-0.39, 0.29) is 55.1 Å². The van der Waals surface area contributed by atoms with E-state index in [4.69, 9.17) is 20.4 Å². The van der Waals surface area contributed by atoms with Crippen LogP contribution in [0.4, 0.5) is 0 Å². The molecule has 1 radical (unpaired) electrons. The van der Waals surface area contributed by atoms with Gasteiger partial charge in [0.15, 0.2) is 0 Å². The first-order valence-electron chi connectivity index (χ1n) is 27.9. The van der Waals surface area contributed by atoms with Gasteiger partial charge in [-0.3, -0.25) is 4.98 Å².